The summed E-state index contributed by atoms with van der Waals surface area (Å²) in [6.07, 6.45) is 7.71. The van der Waals surface area contributed by atoms with Crippen LogP contribution in [0.15, 0.2) is 30.7 Å². The number of hydrogen-bond donors (Lipinski definition) is 1. The first kappa shape index (κ1) is 17.9. The number of nitrogens with one attached hydrogen (secondary N) is 1. The number of fused-ring (bicyclic) bond motifs is 3. The van der Waals surface area contributed by atoms with Gasteiger partial charge in [0.15, 0.2) is 10.9 Å². The maximum absolute atomic E-state index is 12.1. The number of hydrogen-bond acceptors (Lipinski definition) is 6. The molecule has 0 saturated heterocycles. The Morgan fingerprint density at radius 3 is 2.79 bits per heavy atom. The van der Waals surface area contributed by atoms with Crippen molar-refractivity contribution in [1.82, 2.24) is 19.4 Å². The summed E-state index contributed by atoms with van der Waals surface area (Å²) in [5.41, 5.74) is 4.82. The number of aryl methyl sites for hydroxylation is 1. The van der Waals surface area contributed by atoms with Crippen molar-refractivity contribution in [3.63, 3.8) is 0 Å². The van der Waals surface area contributed by atoms with Crippen LogP contribution in [-0.2, 0) is 4.79 Å². The first-order valence-corrected chi connectivity index (χ1v) is 10.4. The van der Waals surface area contributed by atoms with E-state index in [1.807, 2.05) is 36.6 Å². The van der Waals surface area contributed by atoms with Crippen LogP contribution in [0.3, 0.4) is 0 Å². The van der Waals surface area contributed by atoms with Gasteiger partial charge in [0.2, 0.25) is 5.91 Å². The van der Waals surface area contributed by atoms with Crippen LogP contribution < -0.4 is 5.32 Å². The Kier molecular flexibility index (Phi) is 4.16. The van der Waals surface area contributed by atoms with Crippen molar-refractivity contribution >= 4 is 44.2 Å². The summed E-state index contributed by atoms with van der Waals surface area (Å²) < 4.78 is 1.99. The molecule has 7 nitrogen and oxygen atoms in total. The number of rotatable bonds is 5. The highest BCUT2D eigenvalue weighted by Crippen LogP contribution is 2.35. The van der Waals surface area contributed by atoms with E-state index in [0.29, 0.717) is 17.2 Å². The Hall–Kier alpha value is -3.13. The van der Waals surface area contributed by atoms with Gasteiger partial charge >= 0.3 is 0 Å². The fourth-order valence-corrected chi connectivity index (χ4v) is 4.37. The molecule has 4 aromatic rings. The quantitative estimate of drug-likeness (QED) is 0.501. The normalized spacial score (nSPS) is 13.9. The van der Waals surface area contributed by atoms with Gasteiger partial charge in [0.05, 0.1) is 0 Å². The van der Waals surface area contributed by atoms with Crippen molar-refractivity contribution in [3.8, 4) is 11.1 Å². The van der Waals surface area contributed by atoms with E-state index in [0.717, 1.165) is 45.5 Å². The minimum absolute atomic E-state index is 0.0246. The van der Waals surface area contributed by atoms with E-state index in [9.17, 15) is 9.59 Å². The summed E-state index contributed by atoms with van der Waals surface area (Å²) in [5.74, 6) is 0.197. The number of ketones is 1. The van der Waals surface area contributed by atoms with Gasteiger partial charge in [-0.15, -0.1) is 0 Å². The van der Waals surface area contributed by atoms with Crippen molar-refractivity contribution in [2.24, 2.45) is 5.92 Å². The standard InChI is InChI=1S/C21H19N5O2S/c1-3-17(27)15-8-11(2)14(10-23-15)13-9-16-20(26-7-6-22-18(13)26)29-21(24-16)25-19(28)12-4-5-12/h6-10,12H,3-5H2,1-2H3,(H,24,25,28). The molecule has 146 valence electrons. The third-order valence-electron chi connectivity index (χ3n) is 5.20. The van der Waals surface area contributed by atoms with E-state index < -0.39 is 0 Å². The highest BCUT2D eigenvalue weighted by Gasteiger charge is 2.30. The molecular formula is C21H19N5O2S. The van der Waals surface area contributed by atoms with Crippen LogP contribution in [0.2, 0.25) is 0 Å². The predicted octanol–water partition coefficient (Wildman–Crippen LogP) is 4.26. The third kappa shape index (κ3) is 3.09. The molecule has 1 amide bonds. The van der Waals surface area contributed by atoms with Gasteiger partial charge in [-0.3, -0.25) is 19.0 Å². The van der Waals surface area contributed by atoms with Crippen LogP contribution in [0.25, 0.3) is 27.1 Å². The van der Waals surface area contributed by atoms with Gasteiger partial charge in [0.1, 0.15) is 21.7 Å². The fraction of sp³-hybridized carbons (Fsp3) is 0.286. The molecule has 0 unspecified atom stereocenters. The zero-order valence-corrected chi connectivity index (χ0v) is 16.9. The lowest BCUT2D eigenvalue weighted by Crippen LogP contribution is -2.12. The van der Waals surface area contributed by atoms with Crippen molar-refractivity contribution in [2.75, 3.05) is 5.32 Å². The number of anilines is 1. The number of nitrogens with zero attached hydrogens (tertiary/aromatic N) is 4. The Morgan fingerprint density at radius 2 is 2.07 bits per heavy atom. The van der Waals surface area contributed by atoms with Crippen molar-refractivity contribution in [2.45, 2.75) is 33.1 Å². The van der Waals surface area contributed by atoms with Gasteiger partial charge in [-0.25, -0.2) is 9.97 Å². The Balaban J connectivity index is 1.62. The zero-order chi connectivity index (χ0) is 20.1. The highest BCUT2D eigenvalue weighted by atomic mass is 32.1. The Morgan fingerprint density at radius 1 is 1.24 bits per heavy atom. The van der Waals surface area contributed by atoms with E-state index in [4.69, 9.17) is 0 Å². The molecule has 29 heavy (non-hydrogen) atoms. The summed E-state index contributed by atoms with van der Waals surface area (Å²) in [7, 11) is 0. The second kappa shape index (κ2) is 6.73. The average molecular weight is 405 g/mol. The first-order valence-electron chi connectivity index (χ1n) is 9.63. The van der Waals surface area contributed by atoms with E-state index in [1.54, 1.807) is 12.4 Å². The summed E-state index contributed by atoms with van der Waals surface area (Å²) in [6, 6.07) is 3.80. The largest absolute Gasteiger partial charge is 0.302 e. The van der Waals surface area contributed by atoms with Crippen LogP contribution in [0.4, 0.5) is 5.13 Å². The van der Waals surface area contributed by atoms with Gasteiger partial charge in [0, 0.05) is 42.1 Å². The molecule has 1 aliphatic rings. The highest BCUT2D eigenvalue weighted by molar-refractivity contribution is 7.22. The molecule has 0 aromatic carbocycles. The molecule has 4 heterocycles. The molecule has 0 atom stereocenters. The molecule has 8 heteroatoms. The van der Waals surface area contributed by atoms with E-state index in [2.05, 4.69) is 20.3 Å². The molecule has 0 bridgehead atoms. The fourth-order valence-electron chi connectivity index (χ4n) is 3.43. The number of thiazole rings is 1. The molecule has 1 aliphatic carbocycles. The lowest BCUT2D eigenvalue weighted by Gasteiger charge is -2.09. The lowest BCUT2D eigenvalue weighted by atomic mass is 10.0. The van der Waals surface area contributed by atoms with Crippen LogP contribution in [0, 0.1) is 12.8 Å². The van der Waals surface area contributed by atoms with Gasteiger partial charge in [-0.2, -0.15) is 0 Å². The van der Waals surface area contributed by atoms with Crippen LogP contribution in [0.5, 0.6) is 0 Å². The number of Topliss-reactive ketones (excluding diaryl/α,β-unsaturated/α-hetero) is 1. The number of aromatic nitrogens is 4. The van der Waals surface area contributed by atoms with Crippen molar-refractivity contribution in [1.29, 1.82) is 0 Å². The molecular weight excluding hydrogens is 386 g/mol. The minimum atomic E-state index is 0.0246. The van der Waals surface area contributed by atoms with Crippen molar-refractivity contribution in [3.05, 3.63) is 42.0 Å². The Labute approximate surface area is 170 Å². The molecule has 4 aromatic heterocycles. The molecule has 0 spiro atoms. The molecule has 0 aliphatic heterocycles. The monoisotopic (exact) mass is 405 g/mol. The van der Waals surface area contributed by atoms with Crippen LogP contribution in [-0.4, -0.2) is 31.0 Å². The predicted molar refractivity (Wildman–Crippen MR) is 112 cm³/mol. The summed E-state index contributed by atoms with van der Waals surface area (Å²) in [4.78, 5) is 38.5. The second-order valence-corrected chi connectivity index (χ2v) is 8.29. The minimum Gasteiger partial charge on any atom is -0.302 e. The maximum atomic E-state index is 12.1. The van der Waals surface area contributed by atoms with Gasteiger partial charge in [-0.1, -0.05) is 18.3 Å². The lowest BCUT2D eigenvalue weighted by molar-refractivity contribution is -0.117. The Bertz CT molecular complexity index is 1290. The number of carbonyl (C=O) groups is 2. The summed E-state index contributed by atoms with van der Waals surface area (Å²) in [5, 5.41) is 3.53. The zero-order valence-electron chi connectivity index (χ0n) is 16.1. The van der Waals surface area contributed by atoms with E-state index in [1.165, 1.54) is 11.3 Å². The average Bonchev–Trinajstić information content (AvgIpc) is 3.31. The van der Waals surface area contributed by atoms with Crippen LogP contribution in [0.1, 0.15) is 42.2 Å². The summed E-state index contributed by atoms with van der Waals surface area (Å²) >= 11 is 1.44. The van der Waals surface area contributed by atoms with Gasteiger partial charge in [-0.05, 0) is 37.5 Å². The van der Waals surface area contributed by atoms with Gasteiger partial charge < -0.3 is 5.32 Å². The first-order chi connectivity index (χ1) is 14.0. The molecule has 1 fully saturated rings. The van der Waals surface area contributed by atoms with Crippen molar-refractivity contribution < 1.29 is 9.59 Å². The third-order valence-corrected chi connectivity index (χ3v) is 6.19. The van der Waals surface area contributed by atoms with E-state index >= 15 is 0 Å². The molecule has 0 radical (unpaired) electrons. The summed E-state index contributed by atoms with van der Waals surface area (Å²) in [6.45, 7) is 3.80. The molecule has 5 rings (SSSR count). The van der Waals surface area contributed by atoms with Gasteiger partial charge in [0.25, 0.3) is 0 Å². The number of pyridine rings is 2. The smallest absolute Gasteiger partial charge is 0.229 e. The number of carbonyl (C=O) groups excluding carboxylic acids is 2. The topological polar surface area (TPSA) is 89.2 Å². The second-order valence-electron chi connectivity index (χ2n) is 7.31. The van der Waals surface area contributed by atoms with E-state index in [-0.39, 0.29) is 17.6 Å². The number of amides is 1. The molecule has 1 N–H and O–H groups in total. The maximum Gasteiger partial charge on any atom is 0.229 e. The molecule has 1 saturated carbocycles. The SMILES string of the molecule is CCC(=O)c1cc(C)c(-c2cc3nc(NC(=O)C4CC4)sc3n3ccnc23)cn1. The number of imidazole rings is 1. The van der Waals surface area contributed by atoms with Crippen LogP contribution >= 0.6 is 11.3 Å².